The number of carbonyl (C=O) groups is 1. The van der Waals surface area contributed by atoms with E-state index >= 15 is 0 Å². The zero-order chi connectivity index (χ0) is 43.6. The average molecular weight is 843 g/mol. The maximum atomic E-state index is 12.7. The fraction of sp³-hybridized carbons (Fsp3) is 0.706. The van der Waals surface area contributed by atoms with Gasteiger partial charge in [-0.3, -0.25) is 4.79 Å². The molecule has 6 unspecified atom stereocenters. The minimum atomic E-state index is -1.54. The lowest BCUT2D eigenvalue weighted by atomic mass is 9.99. The van der Waals surface area contributed by atoms with Gasteiger partial charge >= 0.3 is 5.97 Å². The minimum Gasteiger partial charge on any atom is -0.457 e. The molecule has 0 aromatic heterocycles. The monoisotopic (exact) mass is 843 g/mol. The van der Waals surface area contributed by atoms with Crippen molar-refractivity contribution in [1.29, 1.82) is 0 Å². The molecular weight excluding hydrogens is 757 g/mol. The molecule has 4 N–H and O–H groups in total. The van der Waals surface area contributed by atoms with Gasteiger partial charge in [0.2, 0.25) is 0 Å². The van der Waals surface area contributed by atoms with Gasteiger partial charge in [0.05, 0.1) is 19.8 Å². The molecule has 344 valence electrons. The van der Waals surface area contributed by atoms with Crippen molar-refractivity contribution < 1.29 is 44.2 Å². The molecule has 0 aromatic carbocycles. The molecule has 0 spiro atoms. The number of unbranched alkanes of at least 4 members (excludes halogenated alkanes) is 14. The van der Waals surface area contributed by atoms with E-state index in [2.05, 4.69) is 98.9 Å². The van der Waals surface area contributed by atoms with Crippen molar-refractivity contribution in [3.8, 4) is 0 Å². The first-order valence-electron chi connectivity index (χ1n) is 23.7. The average Bonchev–Trinajstić information content (AvgIpc) is 3.25. The second-order valence-electron chi connectivity index (χ2n) is 15.8. The predicted octanol–water partition coefficient (Wildman–Crippen LogP) is 11.0. The van der Waals surface area contributed by atoms with Gasteiger partial charge in [-0.25, -0.2) is 0 Å². The summed E-state index contributed by atoms with van der Waals surface area (Å²) in [6, 6.07) is 0. The number of carbonyl (C=O) groups excluding carboxylic acids is 1. The van der Waals surface area contributed by atoms with Gasteiger partial charge in [-0.1, -0.05) is 163 Å². The Hall–Kier alpha value is -2.63. The number of allylic oxidation sites excluding steroid dienone is 14. The van der Waals surface area contributed by atoms with Crippen LogP contribution in [0.5, 0.6) is 0 Å². The van der Waals surface area contributed by atoms with Gasteiger partial charge in [0, 0.05) is 13.0 Å². The van der Waals surface area contributed by atoms with Gasteiger partial charge in [0.15, 0.2) is 6.29 Å². The molecule has 1 fully saturated rings. The molecule has 0 amide bonds. The second-order valence-corrected chi connectivity index (χ2v) is 15.8. The smallest absolute Gasteiger partial charge is 0.306 e. The van der Waals surface area contributed by atoms with E-state index in [9.17, 15) is 25.2 Å². The molecule has 6 atom stereocenters. The number of esters is 1. The van der Waals surface area contributed by atoms with E-state index in [0.717, 1.165) is 109 Å². The van der Waals surface area contributed by atoms with Gasteiger partial charge in [0.25, 0.3) is 0 Å². The van der Waals surface area contributed by atoms with Crippen LogP contribution in [0.3, 0.4) is 0 Å². The van der Waals surface area contributed by atoms with Crippen LogP contribution >= 0.6 is 0 Å². The fourth-order valence-corrected chi connectivity index (χ4v) is 6.59. The van der Waals surface area contributed by atoms with Crippen LogP contribution in [-0.4, -0.2) is 89.6 Å². The van der Waals surface area contributed by atoms with E-state index < -0.39 is 43.4 Å². The standard InChI is InChI=1S/C51H86O9/c1-3-5-7-9-11-13-15-16-17-18-19-20-21-22-23-24-25-26-27-28-29-31-33-35-37-39-41-57-43-45(44-58-51-50(56)49(55)48(54)46(42-52)60-51)59-47(53)40-38-36-34-32-30-14-12-10-8-6-4-2/h5,7,10-13,16-17,19-20,22-23,25-26,45-46,48-52,54-56H,3-4,6,8-9,14-15,18,21,24,27-44H2,1-2H3/b7-5-,12-10-,13-11-,17-16-,20-19-,23-22-,26-25-. The van der Waals surface area contributed by atoms with Crippen LogP contribution < -0.4 is 0 Å². The molecule has 1 aliphatic rings. The van der Waals surface area contributed by atoms with Crippen LogP contribution in [0.15, 0.2) is 85.1 Å². The molecular formula is C51H86O9. The van der Waals surface area contributed by atoms with Crippen molar-refractivity contribution >= 4 is 5.97 Å². The summed E-state index contributed by atoms with van der Waals surface area (Å²) in [4.78, 5) is 12.7. The van der Waals surface area contributed by atoms with Gasteiger partial charge in [0.1, 0.15) is 30.5 Å². The van der Waals surface area contributed by atoms with Crippen LogP contribution in [0.1, 0.15) is 168 Å². The van der Waals surface area contributed by atoms with E-state index in [1.165, 1.54) is 38.5 Å². The van der Waals surface area contributed by atoms with Crippen LogP contribution in [0.4, 0.5) is 0 Å². The Morgan fingerprint density at radius 2 is 1.02 bits per heavy atom. The summed E-state index contributed by atoms with van der Waals surface area (Å²) in [6.07, 6.45) is 49.0. The van der Waals surface area contributed by atoms with E-state index in [0.29, 0.717) is 13.0 Å². The van der Waals surface area contributed by atoms with Crippen molar-refractivity contribution in [3.05, 3.63) is 85.1 Å². The maximum absolute atomic E-state index is 12.7. The van der Waals surface area contributed by atoms with Gasteiger partial charge < -0.3 is 39.4 Å². The Kier molecular flexibility index (Phi) is 38.5. The number of ether oxygens (including phenoxy) is 4. The molecule has 0 bridgehead atoms. The summed E-state index contributed by atoms with van der Waals surface area (Å²) in [5.41, 5.74) is 0. The summed E-state index contributed by atoms with van der Waals surface area (Å²) in [5, 5.41) is 40.1. The van der Waals surface area contributed by atoms with Crippen molar-refractivity contribution in [3.63, 3.8) is 0 Å². The molecule has 1 rings (SSSR count). The summed E-state index contributed by atoms with van der Waals surface area (Å²) in [7, 11) is 0. The lowest BCUT2D eigenvalue weighted by Crippen LogP contribution is -2.59. The van der Waals surface area contributed by atoms with E-state index in [1.807, 2.05) is 0 Å². The number of rotatable bonds is 39. The fourth-order valence-electron chi connectivity index (χ4n) is 6.59. The first-order chi connectivity index (χ1) is 29.4. The highest BCUT2D eigenvalue weighted by Crippen LogP contribution is 2.22. The zero-order valence-electron chi connectivity index (χ0n) is 37.7. The topological polar surface area (TPSA) is 135 Å². The Morgan fingerprint density at radius 3 is 1.55 bits per heavy atom. The number of aliphatic hydroxyl groups excluding tert-OH is 4. The summed E-state index contributed by atoms with van der Waals surface area (Å²) >= 11 is 0. The van der Waals surface area contributed by atoms with E-state index in [1.54, 1.807) is 0 Å². The summed E-state index contributed by atoms with van der Waals surface area (Å²) < 4.78 is 22.8. The van der Waals surface area contributed by atoms with Crippen molar-refractivity contribution in [2.75, 3.05) is 26.4 Å². The molecule has 0 aromatic rings. The largest absolute Gasteiger partial charge is 0.457 e. The number of hydrogen-bond donors (Lipinski definition) is 4. The third kappa shape index (κ3) is 32.1. The third-order valence-electron chi connectivity index (χ3n) is 10.3. The van der Waals surface area contributed by atoms with E-state index in [-0.39, 0.29) is 19.2 Å². The molecule has 1 saturated heterocycles. The lowest BCUT2D eigenvalue weighted by Gasteiger charge is -2.39. The maximum Gasteiger partial charge on any atom is 0.306 e. The van der Waals surface area contributed by atoms with Gasteiger partial charge in [-0.15, -0.1) is 0 Å². The molecule has 9 nitrogen and oxygen atoms in total. The predicted molar refractivity (Wildman–Crippen MR) is 247 cm³/mol. The Balaban J connectivity index is 2.21. The van der Waals surface area contributed by atoms with Crippen molar-refractivity contribution in [2.45, 2.75) is 205 Å². The first-order valence-corrected chi connectivity index (χ1v) is 23.7. The molecule has 0 saturated carbocycles. The Morgan fingerprint density at radius 1 is 0.550 bits per heavy atom. The van der Waals surface area contributed by atoms with Gasteiger partial charge in [-0.2, -0.15) is 0 Å². The van der Waals surface area contributed by atoms with Crippen LogP contribution in [0, 0.1) is 0 Å². The third-order valence-corrected chi connectivity index (χ3v) is 10.3. The highest BCUT2D eigenvalue weighted by molar-refractivity contribution is 5.69. The second kappa shape index (κ2) is 41.7. The highest BCUT2D eigenvalue weighted by atomic mass is 16.7. The van der Waals surface area contributed by atoms with Crippen LogP contribution in [0.2, 0.25) is 0 Å². The lowest BCUT2D eigenvalue weighted by molar-refractivity contribution is -0.305. The highest BCUT2D eigenvalue weighted by Gasteiger charge is 2.44. The number of hydrogen-bond acceptors (Lipinski definition) is 9. The summed E-state index contributed by atoms with van der Waals surface area (Å²) in [6.45, 7) is 4.35. The molecule has 0 aliphatic carbocycles. The quantitative estimate of drug-likeness (QED) is 0.0271. The molecule has 1 heterocycles. The minimum absolute atomic E-state index is 0.126. The first kappa shape index (κ1) is 55.4. The molecule has 0 radical (unpaired) electrons. The SMILES string of the molecule is CC/C=C\C/C=C\C/C=C\C/C=C\C/C=C\C/C=C\CCCCCCCCCOCC(COC1OC(CO)C(O)C(O)C1O)OC(=O)CCCCCCC/C=C\CCCC. The Bertz CT molecular complexity index is 1190. The summed E-state index contributed by atoms with van der Waals surface area (Å²) in [5.74, 6) is -0.333. The molecule has 9 heteroatoms. The van der Waals surface area contributed by atoms with Crippen LogP contribution in [-0.2, 0) is 23.7 Å². The van der Waals surface area contributed by atoms with Crippen molar-refractivity contribution in [2.24, 2.45) is 0 Å². The normalized spacial score (nSPS) is 20.8. The Labute approximate surface area is 365 Å². The van der Waals surface area contributed by atoms with Gasteiger partial charge in [-0.05, 0) is 83.5 Å². The van der Waals surface area contributed by atoms with Crippen LogP contribution in [0.25, 0.3) is 0 Å². The molecule has 1 aliphatic heterocycles. The van der Waals surface area contributed by atoms with E-state index in [4.69, 9.17) is 18.9 Å². The molecule has 60 heavy (non-hydrogen) atoms. The van der Waals surface area contributed by atoms with Crippen molar-refractivity contribution in [1.82, 2.24) is 0 Å². The zero-order valence-corrected chi connectivity index (χ0v) is 37.7. The number of aliphatic hydroxyl groups is 4.